The van der Waals surface area contributed by atoms with E-state index in [-0.39, 0.29) is 0 Å². The molecule has 0 saturated carbocycles. The Bertz CT molecular complexity index is 888. The molecule has 2 heterocycles. The number of nitrogens with zero attached hydrogens (tertiary/aromatic N) is 3. The van der Waals surface area contributed by atoms with Crippen LogP contribution in [-0.2, 0) is 0 Å². The lowest BCUT2D eigenvalue weighted by atomic mass is 10.1. The van der Waals surface area contributed by atoms with E-state index in [2.05, 4.69) is 53.1 Å². The molecule has 114 valence electrons. The summed E-state index contributed by atoms with van der Waals surface area (Å²) in [6.07, 6.45) is 3.65. The van der Waals surface area contributed by atoms with Gasteiger partial charge in [-0.2, -0.15) is 0 Å². The number of aromatic nitrogens is 2. The molecule has 4 rings (SSSR count). The normalized spacial score (nSPS) is 12.4. The lowest BCUT2D eigenvalue weighted by molar-refractivity contribution is 0.475. The minimum absolute atomic E-state index is 0.708. The first-order valence-corrected chi connectivity index (χ1v) is 7.57. The van der Waals surface area contributed by atoms with Crippen molar-refractivity contribution in [3.05, 3.63) is 59.9 Å². The van der Waals surface area contributed by atoms with Gasteiger partial charge in [0.1, 0.15) is 0 Å². The van der Waals surface area contributed by atoms with Crippen molar-refractivity contribution in [3.8, 4) is 22.9 Å². The molecule has 1 aliphatic rings. The topological polar surface area (TPSA) is 38.2 Å². The molecule has 0 spiro atoms. The summed E-state index contributed by atoms with van der Waals surface area (Å²) in [7, 11) is 2.05. The number of hydrogen-bond donors (Lipinski definition) is 0. The molecule has 0 fully saturated rings. The first-order valence-electron chi connectivity index (χ1n) is 7.57. The molecular weight excluding hydrogens is 286 g/mol. The van der Waals surface area contributed by atoms with Crippen LogP contribution in [0.4, 0.5) is 11.4 Å². The highest BCUT2D eigenvalue weighted by molar-refractivity contribution is 5.80. The van der Waals surface area contributed by atoms with E-state index >= 15 is 0 Å². The fraction of sp³-hybridized carbons (Fsp3) is 0.158. The Balaban J connectivity index is 1.79. The summed E-state index contributed by atoms with van der Waals surface area (Å²) >= 11 is 0. The molecule has 23 heavy (non-hydrogen) atoms. The van der Waals surface area contributed by atoms with Crippen LogP contribution < -0.4 is 9.64 Å². The van der Waals surface area contributed by atoms with Gasteiger partial charge in [-0.1, -0.05) is 6.07 Å². The number of ether oxygens (including phenoxy) is 1. The van der Waals surface area contributed by atoms with Crippen LogP contribution in [0.3, 0.4) is 0 Å². The monoisotopic (exact) mass is 303 g/mol. The molecular formula is C19H17N3O. The summed E-state index contributed by atoms with van der Waals surface area (Å²) in [5.41, 5.74) is 5.29. The zero-order valence-electron chi connectivity index (χ0n) is 13.4. The molecule has 4 nitrogen and oxygen atoms in total. The summed E-state index contributed by atoms with van der Waals surface area (Å²) in [4.78, 5) is 10.9. The van der Waals surface area contributed by atoms with E-state index in [0.29, 0.717) is 5.82 Å². The minimum Gasteiger partial charge on any atom is -0.453 e. The van der Waals surface area contributed by atoms with Gasteiger partial charge < -0.3 is 9.64 Å². The van der Waals surface area contributed by atoms with E-state index in [1.807, 2.05) is 31.5 Å². The minimum atomic E-state index is 0.708. The number of rotatable bonds is 1. The number of aryl methyl sites for hydroxylation is 2. The molecule has 4 heteroatoms. The Morgan fingerprint density at radius 1 is 0.826 bits per heavy atom. The summed E-state index contributed by atoms with van der Waals surface area (Å²) in [5.74, 6) is 2.41. The number of anilines is 2. The maximum atomic E-state index is 6.12. The van der Waals surface area contributed by atoms with Crippen LogP contribution in [0.2, 0.25) is 0 Å². The smallest absolute Gasteiger partial charge is 0.159 e. The zero-order valence-corrected chi connectivity index (χ0v) is 13.4. The van der Waals surface area contributed by atoms with Gasteiger partial charge in [-0.25, -0.2) is 9.97 Å². The molecule has 1 aliphatic heterocycles. The van der Waals surface area contributed by atoms with Crippen molar-refractivity contribution in [2.45, 2.75) is 13.8 Å². The van der Waals surface area contributed by atoms with Crippen LogP contribution in [0.25, 0.3) is 11.4 Å². The SMILES string of the molecule is Cc1cnc(-c2ccc3c(c2)Oc2cc(C)ccc2N3C)nc1. The lowest BCUT2D eigenvalue weighted by Gasteiger charge is -2.30. The number of fused-ring (bicyclic) bond motifs is 2. The molecule has 0 radical (unpaired) electrons. The molecule has 0 N–H and O–H groups in total. The highest BCUT2D eigenvalue weighted by Crippen LogP contribution is 2.46. The highest BCUT2D eigenvalue weighted by Gasteiger charge is 2.22. The molecule has 0 aliphatic carbocycles. The van der Waals surface area contributed by atoms with Crippen molar-refractivity contribution in [2.24, 2.45) is 0 Å². The molecule has 1 aromatic heterocycles. The van der Waals surface area contributed by atoms with E-state index in [1.165, 1.54) is 5.56 Å². The molecule has 3 aromatic rings. The van der Waals surface area contributed by atoms with Gasteiger partial charge in [0.15, 0.2) is 17.3 Å². The Kier molecular flexibility index (Phi) is 3.05. The van der Waals surface area contributed by atoms with Gasteiger partial charge in [0.2, 0.25) is 0 Å². The first-order chi connectivity index (χ1) is 11.1. The standard InChI is InChI=1S/C19H17N3O/c1-12-4-6-15-17(8-12)23-18-9-14(5-7-16(18)22(15)3)19-20-10-13(2)11-21-19/h4-11H,1-3H3. The summed E-state index contributed by atoms with van der Waals surface area (Å²) in [5, 5.41) is 0. The third kappa shape index (κ3) is 2.32. The van der Waals surface area contributed by atoms with Crippen molar-refractivity contribution in [3.63, 3.8) is 0 Å². The quantitative estimate of drug-likeness (QED) is 0.656. The van der Waals surface area contributed by atoms with Gasteiger partial charge in [-0.15, -0.1) is 0 Å². The van der Waals surface area contributed by atoms with E-state index in [1.54, 1.807) is 0 Å². The van der Waals surface area contributed by atoms with Crippen LogP contribution in [-0.4, -0.2) is 17.0 Å². The lowest BCUT2D eigenvalue weighted by Crippen LogP contribution is -2.15. The molecule has 0 unspecified atom stereocenters. The van der Waals surface area contributed by atoms with Gasteiger partial charge in [0, 0.05) is 25.0 Å². The fourth-order valence-corrected chi connectivity index (χ4v) is 2.78. The molecule has 0 saturated heterocycles. The summed E-state index contributed by atoms with van der Waals surface area (Å²) in [6, 6.07) is 12.3. The van der Waals surface area contributed by atoms with Gasteiger partial charge in [-0.3, -0.25) is 0 Å². The Hall–Kier alpha value is -2.88. The van der Waals surface area contributed by atoms with Crippen molar-refractivity contribution < 1.29 is 4.74 Å². The fourth-order valence-electron chi connectivity index (χ4n) is 2.78. The highest BCUT2D eigenvalue weighted by atomic mass is 16.5. The third-order valence-corrected chi connectivity index (χ3v) is 4.06. The Morgan fingerprint density at radius 2 is 1.48 bits per heavy atom. The largest absolute Gasteiger partial charge is 0.453 e. The zero-order chi connectivity index (χ0) is 16.0. The Morgan fingerprint density at radius 3 is 2.22 bits per heavy atom. The van der Waals surface area contributed by atoms with E-state index in [9.17, 15) is 0 Å². The van der Waals surface area contributed by atoms with Crippen molar-refractivity contribution in [1.29, 1.82) is 0 Å². The summed E-state index contributed by atoms with van der Waals surface area (Å²) in [6.45, 7) is 4.05. The average Bonchev–Trinajstić information content (AvgIpc) is 2.55. The molecule has 2 aromatic carbocycles. The van der Waals surface area contributed by atoms with Crippen LogP contribution in [0.15, 0.2) is 48.8 Å². The van der Waals surface area contributed by atoms with Crippen LogP contribution in [0, 0.1) is 13.8 Å². The van der Waals surface area contributed by atoms with Crippen molar-refractivity contribution in [1.82, 2.24) is 9.97 Å². The van der Waals surface area contributed by atoms with Gasteiger partial charge in [0.05, 0.1) is 11.4 Å². The van der Waals surface area contributed by atoms with E-state index < -0.39 is 0 Å². The van der Waals surface area contributed by atoms with Crippen LogP contribution >= 0.6 is 0 Å². The van der Waals surface area contributed by atoms with Crippen LogP contribution in [0.1, 0.15) is 11.1 Å². The maximum Gasteiger partial charge on any atom is 0.159 e. The third-order valence-electron chi connectivity index (χ3n) is 4.06. The predicted molar refractivity (Wildman–Crippen MR) is 91.5 cm³/mol. The van der Waals surface area contributed by atoms with E-state index in [4.69, 9.17) is 4.74 Å². The molecule has 0 atom stereocenters. The van der Waals surface area contributed by atoms with Gasteiger partial charge >= 0.3 is 0 Å². The second kappa shape index (κ2) is 5.09. The van der Waals surface area contributed by atoms with Gasteiger partial charge in [-0.05, 0) is 55.3 Å². The first kappa shape index (κ1) is 13.8. The van der Waals surface area contributed by atoms with Crippen molar-refractivity contribution in [2.75, 3.05) is 11.9 Å². The second-order valence-electron chi connectivity index (χ2n) is 5.90. The number of hydrogen-bond acceptors (Lipinski definition) is 4. The van der Waals surface area contributed by atoms with Crippen LogP contribution in [0.5, 0.6) is 11.5 Å². The average molecular weight is 303 g/mol. The molecule has 0 bridgehead atoms. The van der Waals surface area contributed by atoms with E-state index in [0.717, 1.165) is 34.0 Å². The Labute approximate surface area is 135 Å². The van der Waals surface area contributed by atoms with Crippen molar-refractivity contribution >= 4 is 11.4 Å². The second-order valence-corrected chi connectivity index (χ2v) is 5.90. The predicted octanol–water partition coefficient (Wildman–Crippen LogP) is 4.63. The maximum absolute atomic E-state index is 6.12. The summed E-state index contributed by atoms with van der Waals surface area (Å²) < 4.78 is 6.12. The number of benzene rings is 2. The molecule has 0 amide bonds. The van der Waals surface area contributed by atoms with Gasteiger partial charge in [0.25, 0.3) is 0 Å².